The molecule has 0 N–H and O–H groups in total. The Kier molecular flexibility index (Phi) is 5.21. The molecule has 1 aliphatic carbocycles. The Balaban J connectivity index is 1.55. The van der Waals surface area contributed by atoms with Crippen LogP contribution in [-0.2, 0) is 12.8 Å². The Morgan fingerprint density at radius 2 is 1.93 bits per heavy atom. The fourth-order valence-corrected chi connectivity index (χ4v) is 4.72. The van der Waals surface area contributed by atoms with Gasteiger partial charge in [0.05, 0.1) is 24.3 Å². The van der Waals surface area contributed by atoms with Crippen LogP contribution in [-0.4, -0.2) is 43.2 Å². The van der Waals surface area contributed by atoms with E-state index in [-0.39, 0.29) is 5.41 Å². The molecule has 0 spiro atoms. The van der Waals surface area contributed by atoms with E-state index in [1.807, 2.05) is 12.1 Å². The highest BCUT2D eigenvalue weighted by Crippen LogP contribution is 2.43. The van der Waals surface area contributed by atoms with Crippen molar-refractivity contribution in [3.05, 3.63) is 28.4 Å². The van der Waals surface area contributed by atoms with Gasteiger partial charge in [0, 0.05) is 23.7 Å². The standard InChI is InChI=1S/C22H29ClN2O2/c1-22(2)13-16-18(14-22)24-17-12-20(19(26-3)11-15(17)21(16)23)27-10-6-9-25-7-4-5-8-25/h11-12H,4-10,13-14H2,1-3H3. The van der Waals surface area contributed by atoms with Gasteiger partial charge in [0.1, 0.15) is 0 Å². The van der Waals surface area contributed by atoms with Crippen LogP contribution in [0.2, 0.25) is 5.02 Å². The molecular formula is C22H29ClN2O2. The number of aromatic nitrogens is 1. The normalized spacial score (nSPS) is 18.8. The Morgan fingerprint density at radius 3 is 2.67 bits per heavy atom. The third-order valence-corrected chi connectivity index (χ3v) is 6.20. The maximum Gasteiger partial charge on any atom is 0.163 e. The van der Waals surface area contributed by atoms with Crippen molar-refractivity contribution in [1.29, 1.82) is 0 Å². The largest absolute Gasteiger partial charge is 0.493 e. The number of rotatable bonds is 6. The first-order valence-electron chi connectivity index (χ1n) is 10.0. The van der Waals surface area contributed by atoms with Crippen molar-refractivity contribution in [2.45, 2.75) is 46.0 Å². The van der Waals surface area contributed by atoms with Gasteiger partial charge >= 0.3 is 0 Å². The zero-order valence-corrected chi connectivity index (χ0v) is 17.4. The molecule has 0 bridgehead atoms. The molecule has 2 aromatic rings. The second-order valence-electron chi connectivity index (χ2n) is 8.64. The van der Waals surface area contributed by atoms with Crippen molar-refractivity contribution >= 4 is 22.5 Å². The summed E-state index contributed by atoms with van der Waals surface area (Å²) in [5, 5.41) is 1.77. The van der Waals surface area contributed by atoms with Crippen LogP contribution in [0.4, 0.5) is 0 Å². The van der Waals surface area contributed by atoms with Gasteiger partial charge in [-0.25, -0.2) is 0 Å². The highest BCUT2D eigenvalue weighted by Gasteiger charge is 2.32. The summed E-state index contributed by atoms with van der Waals surface area (Å²) in [6.07, 6.45) is 5.62. The van der Waals surface area contributed by atoms with Crippen LogP contribution in [0.5, 0.6) is 11.5 Å². The average Bonchev–Trinajstić information content (AvgIpc) is 3.25. The quantitative estimate of drug-likeness (QED) is 0.660. The van der Waals surface area contributed by atoms with E-state index in [9.17, 15) is 0 Å². The summed E-state index contributed by atoms with van der Waals surface area (Å²) in [6, 6.07) is 3.97. The van der Waals surface area contributed by atoms with E-state index < -0.39 is 0 Å². The van der Waals surface area contributed by atoms with Crippen LogP contribution in [0.15, 0.2) is 12.1 Å². The van der Waals surface area contributed by atoms with E-state index in [4.69, 9.17) is 26.1 Å². The van der Waals surface area contributed by atoms with Crippen LogP contribution in [0, 0.1) is 5.41 Å². The Hall–Kier alpha value is -1.52. The molecule has 0 saturated carbocycles. The fourth-order valence-electron chi connectivity index (χ4n) is 4.39. The number of likely N-dealkylation sites (tertiary alicyclic amines) is 1. The van der Waals surface area contributed by atoms with Crippen molar-refractivity contribution in [1.82, 2.24) is 9.88 Å². The minimum Gasteiger partial charge on any atom is -0.493 e. The lowest BCUT2D eigenvalue weighted by atomic mass is 9.90. The first-order valence-corrected chi connectivity index (χ1v) is 10.4. The predicted octanol–water partition coefficient (Wildman–Crippen LogP) is 4.89. The van der Waals surface area contributed by atoms with E-state index in [2.05, 4.69) is 18.7 Å². The smallest absolute Gasteiger partial charge is 0.163 e. The molecule has 1 fully saturated rings. The molecule has 1 saturated heterocycles. The third-order valence-electron chi connectivity index (χ3n) is 5.76. The molecule has 1 aromatic heterocycles. The van der Waals surface area contributed by atoms with Crippen molar-refractivity contribution in [3.63, 3.8) is 0 Å². The second-order valence-corrected chi connectivity index (χ2v) is 9.02. The number of methoxy groups -OCH3 is 1. The van der Waals surface area contributed by atoms with Gasteiger partial charge in [-0.15, -0.1) is 0 Å². The molecule has 1 aromatic carbocycles. The number of fused-ring (bicyclic) bond motifs is 2. The highest BCUT2D eigenvalue weighted by atomic mass is 35.5. The third kappa shape index (κ3) is 3.88. The van der Waals surface area contributed by atoms with Gasteiger partial charge in [-0.3, -0.25) is 4.98 Å². The molecule has 0 radical (unpaired) electrons. The van der Waals surface area contributed by atoms with Crippen LogP contribution >= 0.6 is 11.6 Å². The minimum atomic E-state index is 0.218. The van der Waals surface area contributed by atoms with E-state index in [0.717, 1.165) is 58.9 Å². The minimum absolute atomic E-state index is 0.218. The summed E-state index contributed by atoms with van der Waals surface area (Å²) in [6.45, 7) is 8.77. The SMILES string of the molecule is COc1cc2c(Cl)c3c(nc2cc1OCCCN1CCCC1)CC(C)(C)C3. The van der Waals surface area contributed by atoms with Crippen LogP contribution in [0.3, 0.4) is 0 Å². The number of hydrogen-bond donors (Lipinski definition) is 0. The van der Waals surface area contributed by atoms with Gasteiger partial charge in [-0.2, -0.15) is 0 Å². The fraction of sp³-hybridized carbons (Fsp3) is 0.591. The second kappa shape index (κ2) is 7.48. The number of pyridine rings is 1. The van der Waals surface area contributed by atoms with Crippen LogP contribution < -0.4 is 9.47 Å². The molecule has 4 rings (SSSR count). The van der Waals surface area contributed by atoms with Crippen LogP contribution in [0.25, 0.3) is 10.9 Å². The Morgan fingerprint density at radius 1 is 1.15 bits per heavy atom. The van der Waals surface area contributed by atoms with Crippen molar-refractivity contribution < 1.29 is 9.47 Å². The van der Waals surface area contributed by atoms with Crippen molar-refractivity contribution in [2.75, 3.05) is 33.4 Å². The summed E-state index contributed by atoms with van der Waals surface area (Å²) >= 11 is 6.75. The Bertz CT molecular complexity index is 844. The summed E-state index contributed by atoms with van der Waals surface area (Å²) in [4.78, 5) is 7.42. The molecule has 0 atom stereocenters. The molecule has 1 aliphatic heterocycles. The first-order chi connectivity index (χ1) is 13.0. The summed E-state index contributed by atoms with van der Waals surface area (Å²) in [5.41, 5.74) is 3.43. The zero-order valence-electron chi connectivity index (χ0n) is 16.6. The molecule has 2 heterocycles. The molecule has 0 amide bonds. The lowest BCUT2D eigenvalue weighted by Gasteiger charge is -2.16. The molecule has 5 heteroatoms. The van der Waals surface area contributed by atoms with Crippen molar-refractivity contribution in [3.8, 4) is 11.5 Å². The van der Waals surface area contributed by atoms with E-state index in [1.54, 1.807) is 7.11 Å². The number of ether oxygens (including phenoxy) is 2. The summed E-state index contributed by atoms with van der Waals surface area (Å²) < 4.78 is 11.6. The van der Waals surface area contributed by atoms with Gasteiger partial charge in [-0.1, -0.05) is 25.4 Å². The average molecular weight is 389 g/mol. The van der Waals surface area contributed by atoms with Crippen LogP contribution in [0.1, 0.15) is 44.4 Å². The van der Waals surface area contributed by atoms with Gasteiger partial charge in [-0.05, 0) is 62.2 Å². The van der Waals surface area contributed by atoms with Gasteiger partial charge < -0.3 is 14.4 Å². The maximum atomic E-state index is 6.75. The summed E-state index contributed by atoms with van der Waals surface area (Å²) in [7, 11) is 1.68. The van der Waals surface area contributed by atoms with Gasteiger partial charge in [0.25, 0.3) is 0 Å². The molecule has 27 heavy (non-hydrogen) atoms. The topological polar surface area (TPSA) is 34.6 Å². The van der Waals surface area contributed by atoms with E-state index in [0.29, 0.717) is 6.61 Å². The zero-order chi connectivity index (χ0) is 19.0. The first kappa shape index (κ1) is 18.8. The number of hydrogen-bond acceptors (Lipinski definition) is 4. The van der Waals surface area contributed by atoms with E-state index >= 15 is 0 Å². The predicted molar refractivity (Wildman–Crippen MR) is 110 cm³/mol. The molecule has 4 nitrogen and oxygen atoms in total. The van der Waals surface area contributed by atoms with Gasteiger partial charge in [0.15, 0.2) is 11.5 Å². The van der Waals surface area contributed by atoms with Crippen molar-refractivity contribution in [2.24, 2.45) is 5.41 Å². The lowest BCUT2D eigenvalue weighted by molar-refractivity contribution is 0.254. The Labute approximate surface area is 166 Å². The van der Waals surface area contributed by atoms with E-state index in [1.165, 1.54) is 31.5 Å². The maximum absolute atomic E-state index is 6.75. The molecule has 2 aliphatic rings. The number of benzene rings is 1. The summed E-state index contributed by atoms with van der Waals surface area (Å²) in [5.74, 6) is 1.48. The molecule has 146 valence electrons. The number of halogens is 1. The molecule has 0 unspecified atom stereocenters. The molecular weight excluding hydrogens is 360 g/mol. The highest BCUT2D eigenvalue weighted by molar-refractivity contribution is 6.36. The number of nitrogens with zero attached hydrogens (tertiary/aromatic N) is 2. The lowest BCUT2D eigenvalue weighted by Crippen LogP contribution is -2.21. The monoisotopic (exact) mass is 388 g/mol. The van der Waals surface area contributed by atoms with Gasteiger partial charge in [0.2, 0.25) is 0 Å².